The summed E-state index contributed by atoms with van der Waals surface area (Å²) in [6.07, 6.45) is 0. The molecule has 0 radical (unpaired) electrons. The highest BCUT2D eigenvalue weighted by molar-refractivity contribution is 5.83. The molecule has 1 amide bonds. The second kappa shape index (κ2) is 4.97. The van der Waals surface area contributed by atoms with Gasteiger partial charge in [-0.3, -0.25) is 4.79 Å². The Hall–Kier alpha value is -2.08. The molecular weight excluding hydrogens is 188 g/mol. The van der Waals surface area contributed by atoms with Crippen molar-refractivity contribution in [3.63, 3.8) is 0 Å². The van der Waals surface area contributed by atoms with Crippen LogP contribution >= 0.6 is 0 Å². The van der Waals surface area contributed by atoms with E-state index in [0.717, 1.165) is 5.56 Å². The molecule has 0 bridgehead atoms. The van der Waals surface area contributed by atoms with E-state index in [9.17, 15) is 4.79 Å². The average molecular weight is 200 g/mol. The second-order valence-electron chi connectivity index (χ2n) is 3.16. The molecule has 0 saturated carbocycles. The number of rotatable bonds is 2. The van der Waals surface area contributed by atoms with Crippen LogP contribution in [0.4, 0.5) is 0 Å². The van der Waals surface area contributed by atoms with Crippen molar-refractivity contribution in [2.24, 2.45) is 0 Å². The van der Waals surface area contributed by atoms with E-state index in [1.54, 1.807) is 6.92 Å². The van der Waals surface area contributed by atoms with Crippen molar-refractivity contribution < 1.29 is 4.79 Å². The van der Waals surface area contributed by atoms with Crippen molar-refractivity contribution in [2.45, 2.75) is 13.8 Å². The fourth-order valence-corrected chi connectivity index (χ4v) is 1.30. The Labute approximate surface area is 89.0 Å². The number of hydrogen-bond donors (Lipinski definition) is 1. The number of nitriles is 1. The Morgan fingerprint density at radius 1 is 1.27 bits per heavy atom. The molecule has 0 heterocycles. The first-order valence-corrected chi connectivity index (χ1v) is 4.59. The molecule has 0 unspecified atom stereocenters. The van der Waals surface area contributed by atoms with Crippen LogP contribution in [0.1, 0.15) is 19.4 Å². The van der Waals surface area contributed by atoms with Crippen LogP contribution in [0.3, 0.4) is 0 Å². The van der Waals surface area contributed by atoms with Crippen LogP contribution < -0.4 is 5.32 Å². The zero-order valence-electron chi connectivity index (χ0n) is 8.74. The van der Waals surface area contributed by atoms with Gasteiger partial charge >= 0.3 is 0 Å². The lowest BCUT2D eigenvalue weighted by Crippen LogP contribution is -2.18. The van der Waals surface area contributed by atoms with Crippen LogP contribution in [0, 0.1) is 11.3 Å². The van der Waals surface area contributed by atoms with Crippen molar-refractivity contribution in [1.29, 1.82) is 5.26 Å². The predicted octanol–water partition coefficient (Wildman–Crippen LogP) is 2.08. The van der Waals surface area contributed by atoms with Crippen molar-refractivity contribution in [2.75, 3.05) is 0 Å². The maximum Gasteiger partial charge on any atom is 0.221 e. The highest BCUT2D eigenvalue weighted by Gasteiger charge is 2.05. The van der Waals surface area contributed by atoms with Gasteiger partial charge < -0.3 is 5.32 Å². The number of carbonyl (C=O) groups is 1. The van der Waals surface area contributed by atoms with Gasteiger partial charge in [-0.05, 0) is 12.5 Å². The lowest BCUT2D eigenvalue weighted by molar-refractivity contribution is -0.118. The molecule has 0 fully saturated rings. The lowest BCUT2D eigenvalue weighted by Gasteiger charge is -2.05. The smallest absolute Gasteiger partial charge is 0.221 e. The van der Waals surface area contributed by atoms with Crippen LogP contribution in [-0.2, 0) is 4.79 Å². The van der Waals surface area contributed by atoms with Gasteiger partial charge in [0.15, 0.2) is 0 Å². The van der Waals surface area contributed by atoms with Crippen LogP contribution in [0.5, 0.6) is 0 Å². The normalized spacial score (nSPS) is 11.3. The van der Waals surface area contributed by atoms with Crippen molar-refractivity contribution in [3.8, 4) is 6.07 Å². The minimum atomic E-state index is -0.170. The zero-order chi connectivity index (χ0) is 11.3. The Morgan fingerprint density at radius 2 is 1.87 bits per heavy atom. The van der Waals surface area contributed by atoms with E-state index >= 15 is 0 Å². The first kappa shape index (κ1) is 11.0. The molecular formula is C12H12N2O. The van der Waals surface area contributed by atoms with Gasteiger partial charge in [0.05, 0.1) is 5.57 Å². The molecule has 15 heavy (non-hydrogen) atoms. The Balaban J connectivity index is 3.09. The monoisotopic (exact) mass is 200 g/mol. The second-order valence-corrected chi connectivity index (χ2v) is 3.16. The van der Waals surface area contributed by atoms with Crippen molar-refractivity contribution in [1.82, 2.24) is 5.32 Å². The third kappa shape index (κ3) is 2.96. The van der Waals surface area contributed by atoms with E-state index in [1.807, 2.05) is 30.3 Å². The van der Waals surface area contributed by atoms with Gasteiger partial charge in [-0.2, -0.15) is 5.26 Å². The van der Waals surface area contributed by atoms with Gasteiger partial charge in [-0.15, -0.1) is 0 Å². The summed E-state index contributed by atoms with van der Waals surface area (Å²) in [5, 5.41) is 11.6. The van der Waals surface area contributed by atoms with Crippen molar-refractivity contribution >= 4 is 11.5 Å². The molecule has 3 nitrogen and oxygen atoms in total. The topological polar surface area (TPSA) is 52.9 Å². The Morgan fingerprint density at radius 3 is 2.33 bits per heavy atom. The molecule has 0 aliphatic heterocycles. The quantitative estimate of drug-likeness (QED) is 0.743. The number of nitrogens with one attached hydrogen (secondary N) is 1. The summed E-state index contributed by atoms with van der Waals surface area (Å²) in [6, 6.07) is 11.4. The van der Waals surface area contributed by atoms with Gasteiger partial charge in [0.2, 0.25) is 5.91 Å². The minimum Gasteiger partial charge on any atom is -0.329 e. The van der Waals surface area contributed by atoms with Crippen LogP contribution in [-0.4, -0.2) is 5.91 Å². The molecule has 1 N–H and O–H groups in total. The minimum absolute atomic E-state index is 0.170. The van der Waals surface area contributed by atoms with Crippen LogP contribution in [0.25, 0.3) is 5.57 Å². The molecule has 0 aromatic heterocycles. The summed E-state index contributed by atoms with van der Waals surface area (Å²) in [4.78, 5) is 10.9. The summed E-state index contributed by atoms with van der Waals surface area (Å²) in [5.74, 6) is -0.170. The average Bonchev–Trinajstić information content (AvgIpc) is 2.19. The molecule has 0 aliphatic rings. The van der Waals surface area contributed by atoms with E-state index in [-0.39, 0.29) is 5.91 Å². The van der Waals surface area contributed by atoms with Gasteiger partial charge in [-0.25, -0.2) is 0 Å². The van der Waals surface area contributed by atoms with E-state index in [4.69, 9.17) is 5.26 Å². The molecule has 1 aromatic carbocycles. The maximum atomic E-state index is 10.9. The van der Waals surface area contributed by atoms with E-state index in [2.05, 4.69) is 11.4 Å². The van der Waals surface area contributed by atoms with Crippen LogP contribution in [0.15, 0.2) is 36.0 Å². The molecule has 0 spiro atoms. The molecule has 0 saturated heterocycles. The van der Waals surface area contributed by atoms with E-state index < -0.39 is 0 Å². The predicted molar refractivity (Wildman–Crippen MR) is 58.5 cm³/mol. The number of hydrogen-bond acceptors (Lipinski definition) is 2. The molecule has 1 rings (SSSR count). The SMILES string of the molecule is CC(=O)NC(C)=C(C#N)c1ccccc1. The third-order valence-electron chi connectivity index (χ3n) is 1.91. The van der Waals surface area contributed by atoms with E-state index in [1.165, 1.54) is 6.92 Å². The summed E-state index contributed by atoms with van der Waals surface area (Å²) < 4.78 is 0. The maximum absolute atomic E-state index is 10.9. The number of carbonyl (C=O) groups excluding carboxylic acids is 1. The summed E-state index contributed by atoms with van der Waals surface area (Å²) in [6.45, 7) is 3.14. The molecule has 76 valence electrons. The zero-order valence-corrected chi connectivity index (χ0v) is 8.74. The van der Waals surface area contributed by atoms with Gasteiger partial charge in [0.25, 0.3) is 0 Å². The standard InChI is InChI=1S/C12H12N2O/c1-9(14-10(2)15)12(8-13)11-6-4-3-5-7-11/h3-7H,1-2H3,(H,14,15). The van der Waals surface area contributed by atoms with Gasteiger partial charge in [0, 0.05) is 12.6 Å². The van der Waals surface area contributed by atoms with Crippen molar-refractivity contribution in [3.05, 3.63) is 41.6 Å². The number of benzene rings is 1. The summed E-state index contributed by atoms with van der Waals surface area (Å²) in [5.41, 5.74) is 1.88. The van der Waals surface area contributed by atoms with E-state index in [0.29, 0.717) is 11.3 Å². The highest BCUT2D eigenvalue weighted by atomic mass is 16.1. The third-order valence-corrected chi connectivity index (χ3v) is 1.91. The lowest BCUT2D eigenvalue weighted by atomic mass is 10.1. The van der Waals surface area contributed by atoms with Gasteiger partial charge in [0.1, 0.15) is 6.07 Å². The fraction of sp³-hybridized carbons (Fsp3) is 0.167. The number of allylic oxidation sites excluding steroid dienone is 2. The summed E-state index contributed by atoms with van der Waals surface area (Å²) >= 11 is 0. The summed E-state index contributed by atoms with van der Waals surface area (Å²) in [7, 11) is 0. The molecule has 1 aromatic rings. The Bertz CT molecular complexity index is 427. The first-order valence-electron chi connectivity index (χ1n) is 4.59. The molecule has 3 heteroatoms. The number of nitrogens with zero attached hydrogens (tertiary/aromatic N) is 1. The van der Waals surface area contributed by atoms with Crippen LogP contribution in [0.2, 0.25) is 0 Å². The van der Waals surface area contributed by atoms with Gasteiger partial charge in [-0.1, -0.05) is 30.3 Å². The first-order chi connectivity index (χ1) is 7.15. The molecule has 0 aliphatic carbocycles. The highest BCUT2D eigenvalue weighted by Crippen LogP contribution is 2.15. The number of amides is 1. The Kier molecular flexibility index (Phi) is 3.64. The largest absolute Gasteiger partial charge is 0.329 e. The fourth-order valence-electron chi connectivity index (χ4n) is 1.30. The molecule has 0 atom stereocenters.